The number of hydrogen-bond donors (Lipinski definition) is 1. The third kappa shape index (κ3) is 2.81. The van der Waals surface area contributed by atoms with E-state index in [1.165, 1.54) is 0 Å². The molecule has 1 unspecified atom stereocenters. The zero-order valence-electron chi connectivity index (χ0n) is 8.11. The van der Waals surface area contributed by atoms with Gasteiger partial charge in [0.15, 0.2) is 0 Å². The number of hydrogen-bond acceptors (Lipinski definition) is 2. The number of alkyl halides is 5. The van der Waals surface area contributed by atoms with E-state index < -0.39 is 18.0 Å². The Hall–Kier alpha value is -0.920. The number of carbonyl (C=O) groups excluding carboxylic acids is 1. The van der Waals surface area contributed by atoms with E-state index >= 15 is 0 Å². The summed E-state index contributed by atoms with van der Waals surface area (Å²) in [7, 11) is 0. The first-order valence-corrected chi connectivity index (χ1v) is 4.55. The second kappa shape index (κ2) is 4.52. The number of amides is 1. The molecule has 94 valence electrons. The SMILES string of the molecule is O=C(NCC1CCOC1)C(F)(F)C(F)(F)F. The molecular formula is C8H10F5NO2. The summed E-state index contributed by atoms with van der Waals surface area (Å²) < 4.78 is 65.0. The summed E-state index contributed by atoms with van der Waals surface area (Å²) in [6.07, 6.45) is -5.32. The van der Waals surface area contributed by atoms with Crippen molar-refractivity contribution in [3.8, 4) is 0 Å². The summed E-state index contributed by atoms with van der Waals surface area (Å²) in [6.45, 7) is 0.457. The standard InChI is InChI=1S/C8H10F5NO2/c9-7(10,8(11,12)13)6(15)14-3-5-1-2-16-4-5/h5H,1-4H2,(H,14,15). The Balaban J connectivity index is 2.45. The zero-order valence-corrected chi connectivity index (χ0v) is 8.11. The maximum absolute atomic E-state index is 12.4. The highest BCUT2D eigenvalue weighted by Gasteiger charge is 2.63. The van der Waals surface area contributed by atoms with Gasteiger partial charge in [-0.1, -0.05) is 0 Å². The van der Waals surface area contributed by atoms with Crippen molar-refractivity contribution in [3.05, 3.63) is 0 Å². The summed E-state index contributed by atoms with van der Waals surface area (Å²) in [5.74, 6) is -7.85. The molecule has 3 nitrogen and oxygen atoms in total. The van der Waals surface area contributed by atoms with Gasteiger partial charge in [0.2, 0.25) is 0 Å². The molecule has 1 N–H and O–H groups in total. The van der Waals surface area contributed by atoms with E-state index in [0.717, 1.165) is 0 Å². The molecule has 1 aliphatic rings. The van der Waals surface area contributed by atoms with Crippen LogP contribution in [0, 0.1) is 5.92 Å². The van der Waals surface area contributed by atoms with Crippen LogP contribution in [-0.2, 0) is 9.53 Å². The van der Waals surface area contributed by atoms with Crippen LogP contribution in [0.2, 0.25) is 0 Å². The lowest BCUT2D eigenvalue weighted by Crippen LogP contribution is -2.51. The fraction of sp³-hybridized carbons (Fsp3) is 0.875. The number of halogens is 5. The quantitative estimate of drug-likeness (QED) is 0.764. The summed E-state index contributed by atoms with van der Waals surface area (Å²) in [6, 6.07) is 0. The Bertz CT molecular complexity index is 260. The van der Waals surface area contributed by atoms with Crippen molar-refractivity contribution in [2.75, 3.05) is 19.8 Å². The molecule has 0 aromatic heterocycles. The third-order valence-electron chi connectivity index (χ3n) is 2.22. The molecule has 1 fully saturated rings. The minimum atomic E-state index is -5.86. The topological polar surface area (TPSA) is 38.3 Å². The molecule has 0 radical (unpaired) electrons. The van der Waals surface area contributed by atoms with Gasteiger partial charge in [-0.25, -0.2) is 0 Å². The summed E-state index contributed by atoms with van der Waals surface area (Å²) in [5, 5.41) is 1.58. The van der Waals surface area contributed by atoms with E-state index in [-0.39, 0.29) is 19.1 Å². The molecule has 0 aromatic carbocycles. The third-order valence-corrected chi connectivity index (χ3v) is 2.22. The first-order chi connectivity index (χ1) is 7.25. The predicted octanol–water partition coefficient (Wildman–Crippen LogP) is 1.34. The second-order valence-corrected chi connectivity index (χ2v) is 3.51. The average molecular weight is 247 g/mol. The van der Waals surface area contributed by atoms with Crippen LogP contribution in [0.3, 0.4) is 0 Å². The number of carbonyl (C=O) groups is 1. The molecule has 1 amide bonds. The molecule has 0 saturated carbocycles. The van der Waals surface area contributed by atoms with Crippen LogP contribution in [0.5, 0.6) is 0 Å². The first kappa shape index (κ1) is 13.1. The van der Waals surface area contributed by atoms with Gasteiger partial charge in [-0.2, -0.15) is 22.0 Å². The van der Waals surface area contributed by atoms with Crippen LogP contribution in [0.15, 0.2) is 0 Å². The van der Waals surface area contributed by atoms with Crippen molar-refractivity contribution < 1.29 is 31.5 Å². The molecule has 1 saturated heterocycles. The molecule has 0 spiro atoms. The second-order valence-electron chi connectivity index (χ2n) is 3.51. The van der Waals surface area contributed by atoms with Gasteiger partial charge >= 0.3 is 12.1 Å². The van der Waals surface area contributed by atoms with Crippen molar-refractivity contribution in [3.63, 3.8) is 0 Å². The molecule has 1 atom stereocenters. The Kier molecular flexibility index (Phi) is 3.72. The Morgan fingerprint density at radius 3 is 2.38 bits per heavy atom. The van der Waals surface area contributed by atoms with Crippen LogP contribution in [0.1, 0.15) is 6.42 Å². The highest BCUT2D eigenvalue weighted by molar-refractivity contribution is 5.84. The molecule has 16 heavy (non-hydrogen) atoms. The van der Waals surface area contributed by atoms with Crippen LogP contribution in [-0.4, -0.2) is 37.8 Å². The van der Waals surface area contributed by atoms with Gasteiger partial charge in [-0.15, -0.1) is 0 Å². The molecule has 1 aliphatic heterocycles. The van der Waals surface area contributed by atoms with Gasteiger partial charge in [0.25, 0.3) is 5.91 Å². The van der Waals surface area contributed by atoms with Crippen molar-refractivity contribution in [1.82, 2.24) is 5.32 Å². The lowest BCUT2D eigenvalue weighted by Gasteiger charge is -2.19. The maximum Gasteiger partial charge on any atom is 0.463 e. The van der Waals surface area contributed by atoms with Gasteiger partial charge in [0, 0.05) is 19.1 Å². The van der Waals surface area contributed by atoms with Crippen molar-refractivity contribution in [2.45, 2.75) is 18.5 Å². The van der Waals surface area contributed by atoms with Crippen molar-refractivity contribution in [2.24, 2.45) is 5.92 Å². The van der Waals surface area contributed by atoms with Crippen molar-refractivity contribution >= 4 is 5.91 Å². The highest BCUT2D eigenvalue weighted by Crippen LogP contribution is 2.35. The highest BCUT2D eigenvalue weighted by atomic mass is 19.4. The molecule has 1 rings (SSSR count). The molecule has 0 bridgehead atoms. The normalized spacial score (nSPS) is 22.2. The first-order valence-electron chi connectivity index (χ1n) is 4.55. The van der Waals surface area contributed by atoms with E-state index in [1.807, 2.05) is 0 Å². The minimum Gasteiger partial charge on any atom is -0.381 e. The average Bonchev–Trinajstić information content (AvgIpc) is 2.64. The summed E-state index contributed by atoms with van der Waals surface area (Å²) in [4.78, 5) is 10.6. The van der Waals surface area contributed by atoms with Crippen molar-refractivity contribution in [1.29, 1.82) is 0 Å². The van der Waals surface area contributed by atoms with Gasteiger partial charge in [-0.05, 0) is 6.42 Å². The Morgan fingerprint density at radius 2 is 1.94 bits per heavy atom. The molecule has 0 aliphatic carbocycles. The molecular weight excluding hydrogens is 237 g/mol. The van der Waals surface area contributed by atoms with Gasteiger partial charge in [0.1, 0.15) is 0 Å². The van der Waals surface area contributed by atoms with E-state index in [1.54, 1.807) is 5.32 Å². The monoisotopic (exact) mass is 247 g/mol. The van der Waals surface area contributed by atoms with Gasteiger partial charge in [-0.3, -0.25) is 4.79 Å². The van der Waals surface area contributed by atoms with Gasteiger partial charge in [0.05, 0.1) is 6.61 Å². The number of rotatable bonds is 3. The van der Waals surface area contributed by atoms with Crippen LogP contribution < -0.4 is 5.32 Å². The molecule has 0 aromatic rings. The summed E-state index contributed by atoms with van der Waals surface area (Å²) >= 11 is 0. The smallest absolute Gasteiger partial charge is 0.381 e. The van der Waals surface area contributed by atoms with Crippen LogP contribution in [0.25, 0.3) is 0 Å². The fourth-order valence-electron chi connectivity index (χ4n) is 1.22. The number of ether oxygens (including phenoxy) is 1. The molecule has 1 heterocycles. The van der Waals surface area contributed by atoms with E-state index in [2.05, 4.69) is 0 Å². The Labute approximate surface area is 87.9 Å². The van der Waals surface area contributed by atoms with E-state index in [4.69, 9.17) is 4.74 Å². The Morgan fingerprint density at radius 1 is 1.31 bits per heavy atom. The zero-order chi connectivity index (χ0) is 12.4. The fourth-order valence-corrected chi connectivity index (χ4v) is 1.22. The lowest BCUT2D eigenvalue weighted by molar-refractivity contribution is -0.269. The van der Waals surface area contributed by atoms with Gasteiger partial charge < -0.3 is 10.1 Å². The van der Waals surface area contributed by atoms with E-state index in [9.17, 15) is 26.7 Å². The lowest BCUT2D eigenvalue weighted by atomic mass is 10.1. The van der Waals surface area contributed by atoms with Crippen LogP contribution >= 0.6 is 0 Å². The van der Waals surface area contributed by atoms with Crippen LogP contribution in [0.4, 0.5) is 22.0 Å². The maximum atomic E-state index is 12.4. The number of nitrogens with one attached hydrogen (secondary N) is 1. The summed E-state index contributed by atoms with van der Waals surface area (Å²) in [5.41, 5.74) is 0. The molecule has 8 heteroatoms. The predicted molar refractivity (Wildman–Crippen MR) is 42.9 cm³/mol. The minimum absolute atomic E-state index is 0.201. The largest absolute Gasteiger partial charge is 0.463 e. The van der Waals surface area contributed by atoms with E-state index in [0.29, 0.717) is 13.0 Å².